The van der Waals surface area contributed by atoms with Crippen molar-refractivity contribution in [2.24, 2.45) is 0 Å². The zero-order valence-electron chi connectivity index (χ0n) is 21.8. The van der Waals surface area contributed by atoms with E-state index in [1.807, 2.05) is 12.1 Å². The van der Waals surface area contributed by atoms with E-state index in [0.29, 0.717) is 34.8 Å². The monoisotopic (exact) mass is 460 g/mol. The molecule has 0 aromatic heterocycles. The summed E-state index contributed by atoms with van der Waals surface area (Å²) < 4.78 is 5.67. The number of benzene rings is 1. The van der Waals surface area contributed by atoms with Crippen molar-refractivity contribution < 1.29 is 14.3 Å². The maximum Gasteiger partial charge on any atom is 0.190 e. The predicted octanol–water partition coefficient (Wildman–Crippen LogP) is 8.13. The Morgan fingerprint density at radius 3 is 1.91 bits per heavy atom. The fourth-order valence-electron chi connectivity index (χ4n) is 4.57. The second kappa shape index (κ2) is 11.3. The minimum Gasteiger partial charge on any atom is -0.367 e. The van der Waals surface area contributed by atoms with E-state index in [1.165, 1.54) is 16.7 Å². The van der Waals surface area contributed by atoms with Gasteiger partial charge in [-0.15, -0.1) is 0 Å². The van der Waals surface area contributed by atoms with Crippen LogP contribution in [-0.4, -0.2) is 23.3 Å². The number of epoxide rings is 1. The first-order chi connectivity index (χ1) is 16.1. The van der Waals surface area contributed by atoms with Gasteiger partial charge in [-0.2, -0.15) is 0 Å². The summed E-state index contributed by atoms with van der Waals surface area (Å²) >= 11 is 0. The second-order valence-electron chi connectivity index (χ2n) is 10.5. The maximum absolute atomic E-state index is 12.9. The summed E-state index contributed by atoms with van der Waals surface area (Å²) in [7, 11) is 0. The van der Waals surface area contributed by atoms with Crippen LogP contribution in [0.25, 0.3) is 0 Å². The van der Waals surface area contributed by atoms with Gasteiger partial charge < -0.3 is 4.74 Å². The molecule has 1 atom stereocenters. The van der Waals surface area contributed by atoms with Crippen molar-refractivity contribution in [2.45, 2.75) is 98.2 Å². The third-order valence-corrected chi connectivity index (χ3v) is 7.17. The van der Waals surface area contributed by atoms with Crippen molar-refractivity contribution >= 4 is 11.6 Å². The summed E-state index contributed by atoms with van der Waals surface area (Å²) in [6, 6.07) is 7.13. The molecule has 2 aliphatic rings. The first-order valence-electron chi connectivity index (χ1n) is 12.6. The van der Waals surface area contributed by atoms with Crippen molar-refractivity contribution in [2.75, 3.05) is 0 Å². The molecular weight excluding hydrogens is 420 g/mol. The Morgan fingerprint density at radius 1 is 0.853 bits per heavy atom. The zero-order valence-corrected chi connectivity index (χ0v) is 21.8. The molecule has 1 fully saturated rings. The van der Waals surface area contributed by atoms with Crippen molar-refractivity contribution in [3.8, 4) is 0 Å². The summed E-state index contributed by atoms with van der Waals surface area (Å²) in [6.45, 7) is 12.6. The number of carbonyl (C=O) groups excluding carboxylic acids is 2. The highest BCUT2D eigenvalue weighted by Crippen LogP contribution is 2.39. The molecule has 3 heteroatoms. The topological polar surface area (TPSA) is 46.7 Å². The molecule has 34 heavy (non-hydrogen) atoms. The van der Waals surface area contributed by atoms with Crippen molar-refractivity contribution in [3.05, 3.63) is 81.5 Å². The zero-order chi connectivity index (χ0) is 24.9. The normalized spacial score (nSPS) is 20.6. The van der Waals surface area contributed by atoms with Gasteiger partial charge >= 0.3 is 0 Å². The Labute approximate surface area is 205 Å². The first-order valence-corrected chi connectivity index (χ1v) is 12.6. The van der Waals surface area contributed by atoms with Gasteiger partial charge in [0, 0.05) is 22.3 Å². The fraction of sp³-hybridized carbons (Fsp3) is 0.484. The molecule has 1 aliphatic heterocycles. The van der Waals surface area contributed by atoms with Crippen LogP contribution in [0.2, 0.25) is 0 Å². The Bertz CT molecular complexity index is 1060. The van der Waals surface area contributed by atoms with Gasteiger partial charge in [0.05, 0.1) is 11.7 Å². The number of allylic oxidation sites excluding steroid dienone is 8. The number of rotatable bonds is 11. The first kappa shape index (κ1) is 26.1. The Morgan fingerprint density at radius 2 is 1.35 bits per heavy atom. The van der Waals surface area contributed by atoms with Gasteiger partial charge in [0.2, 0.25) is 0 Å². The van der Waals surface area contributed by atoms with E-state index in [4.69, 9.17) is 4.74 Å². The highest BCUT2D eigenvalue weighted by atomic mass is 16.6. The maximum atomic E-state index is 12.9. The van der Waals surface area contributed by atoms with Gasteiger partial charge in [0.15, 0.2) is 11.6 Å². The standard InChI is InChI=1S/C31H40O3/c1-21(12-10-14-23(3)18-20-28-31(5,6)34-28)11-9-13-22(2)17-19-25-24(4)29(32)26-15-7-8-16-27(26)30(25)33/h7-8,11,14-17,28H,9-10,12-13,18-20H2,1-6H3/b21-11+,22-17+,23-14+. The van der Waals surface area contributed by atoms with E-state index in [0.717, 1.165) is 38.5 Å². The van der Waals surface area contributed by atoms with E-state index in [-0.39, 0.29) is 17.2 Å². The van der Waals surface area contributed by atoms with Crippen LogP contribution in [0.15, 0.2) is 70.4 Å². The van der Waals surface area contributed by atoms with Gasteiger partial charge in [-0.1, -0.05) is 59.2 Å². The van der Waals surface area contributed by atoms with Crippen LogP contribution in [0, 0.1) is 0 Å². The Hall–Kier alpha value is -2.52. The fourth-order valence-corrected chi connectivity index (χ4v) is 4.57. The minimum absolute atomic E-state index is 0.00999. The molecule has 0 spiro atoms. The van der Waals surface area contributed by atoms with Crippen LogP contribution in [0.1, 0.15) is 107 Å². The number of ether oxygens (including phenoxy) is 1. The number of hydrogen-bond donors (Lipinski definition) is 0. The van der Waals surface area contributed by atoms with E-state index in [2.05, 4.69) is 52.8 Å². The number of fused-ring (bicyclic) bond motifs is 1. The molecule has 1 unspecified atom stereocenters. The van der Waals surface area contributed by atoms with Gasteiger partial charge in [-0.3, -0.25) is 9.59 Å². The van der Waals surface area contributed by atoms with Crippen LogP contribution in [0.5, 0.6) is 0 Å². The van der Waals surface area contributed by atoms with Gasteiger partial charge in [0.25, 0.3) is 0 Å². The molecule has 3 rings (SSSR count). The van der Waals surface area contributed by atoms with Gasteiger partial charge in [-0.05, 0) is 86.5 Å². The molecule has 0 bridgehead atoms. The third kappa shape index (κ3) is 6.76. The van der Waals surface area contributed by atoms with E-state index in [1.54, 1.807) is 19.1 Å². The predicted molar refractivity (Wildman–Crippen MR) is 140 cm³/mol. The molecule has 182 valence electrons. The lowest BCUT2D eigenvalue weighted by Crippen LogP contribution is -2.20. The average Bonchev–Trinajstić information content (AvgIpc) is 3.42. The van der Waals surface area contributed by atoms with E-state index < -0.39 is 0 Å². The lowest BCUT2D eigenvalue weighted by atomic mass is 9.83. The number of hydrogen-bond acceptors (Lipinski definition) is 3. The smallest absolute Gasteiger partial charge is 0.190 e. The Kier molecular flexibility index (Phi) is 8.65. The molecule has 0 amide bonds. The number of ketones is 2. The third-order valence-electron chi connectivity index (χ3n) is 7.17. The van der Waals surface area contributed by atoms with Crippen molar-refractivity contribution in [3.63, 3.8) is 0 Å². The Balaban J connectivity index is 1.42. The van der Waals surface area contributed by atoms with Crippen molar-refractivity contribution in [1.82, 2.24) is 0 Å². The van der Waals surface area contributed by atoms with Crippen LogP contribution in [0.4, 0.5) is 0 Å². The van der Waals surface area contributed by atoms with Crippen molar-refractivity contribution in [1.29, 1.82) is 0 Å². The molecular formula is C31H40O3. The average molecular weight is 461 g/mol. The summed E-state index contributed by atoms with van der Waals surface area (Å²) in [5.74, 6) is -0.0342. The lowest BCUT2D eigenvalue weighted by molar-refractivity contribution is 0.0973. The quantitative estimate of drug-likeness (QED) is 0.247. The highest BCUT2D eigenvalue weighted by Gasteiger charge is 2.46. The van der Waals surface area contributed by atoms with E-state index >= 15 is 0 Å². The molecule has 3 nitrogen and oxygen atoms in total. The largest absolute Gasteiger partial charge is 0.367 e. The molecule has 0 saturated carbocycles. The van der Waals surface area contributed by atoms with Crippen LogP contribution >= 0.6 is 0 Å². The summed E-state index contributed by atoms with van der Waals surface area (Å²) in [5.41, 5.74) is 6.51. The molecule has 1 aromatic carbocycles. The van der Waals surface area contributed by atoms with E-state index in [9.17, 15) is 9.59 Å². The van der Waals surface area contributed by atoms with Gasteiger partial charge in [-0.25, -0.2) is 0 Å². The van der Waals surface area contributed by atoms with Gasteiger partial charge in [0.1, 0.15) is 0 Å². The number of carbonyl (C=O) groups is 2. The SMILES string of the molecule is CC1=C(C/C=C(\C)CC/C=C(\C)CC/C=C(\C)CCC2OC2(C)C)C(=O)c2ccccc2C1=O. The summed E-state index contributed by atoms with van der Waals surface area (Å²) in [6.07, 6.45) is 14.1. The number of Topliss-reactive ketones (excluding diaryl/α,β-unsaturated/α-hetero) is 2. The highest BCUT2D eigenvalue weighted by molar-refractivity contribution is 6.26. The molecule has 0 radical (unpaired) electrons. The molecule has 0 N–H and O–H groups in total. The molecule has 1 heterocycles. The summed E-state index contributed by atoms with van der Waals surface area (Å²) in [5, 5.41) is 0. The molecule has 1 saturated heterocycles. The van der Waals surface area contributed by atoms with Crippen LogP contribution in [0.3, 0.4) is 0 Å². The lowest BCUT2D eigenvalue weighted by Gasteiger charge is -2.18. The molecule has 1 aliphatic carbocycles. The minimum atomic E-state index is -0.0243. The molecule has 1 aromatic rings. The summed E-state index contributed by atoms with van der Waals surface area (Å²) in [4.78, 5) is 25.5. The van der Waals surface area contributed by atoms with Crippen LogP contribution in [-0.2, 0) is 4.74 Å². The van der Waals surface area contributed by atoms with Crippen LogP contribution < -0.4 is 0 Å². The second-order valence-corrected chi connectivity index (χ2v) is 10.5.